The zero-order valence-electron chi connectivity index (χ0n) is 10.7. The van der Waals surface area contributed by atoms with E-state index in [2.05, 4.69) is 27.2 Å². The predicted octanol–water partition coefficient (Wildman–Crippen LogP) is 3.02. The average Bonchev–Trinajstić information content (AvgIpc) is 2.38. The van der Waals surface area contributed by atoms with E-state index in [1.807, 2.05) is 12.1 Å². The van der Waals surface area contributed by atoms with Gasteiger partial charge in [0.05, 0.1) is 0 Å². The molecule has 0 bridgehead atoms. The first kappa shape index (κ1) is 11.4. The molecule has 0 aliphatic heterocycles. The zero-order chi connectivity index (χ0) is 12.4. The summed E-state index contributed by atoms with van der Waals surface area (Å²) in [6.07, 6.45) is 8.66. The standard InChI is InChI=1S/C14H18N4/c1-2-14(6-3-7-14)10-17-12-5-4-11-13(18-12)16-9-8-15-11/h4-5,8-9H,2-3,6-7,10H2,1H3,(H,16,17,18). The predicted molar refractivity (Wildman–Crippen MR) is 72.4 cm³/mol. The fourth-order valence-electron chi connectivity index (χ4n) is 2.56. The van der Waals surface area contributed by atoms with Gasteiger partial charge in [-0.25, -0.2) is 9.97 Å². The van der Waals surface area contributed by atoms with Crippen molar-refractivity contribution in [1.82, 2.24) is 15.0 Å². The molecule has 4 heteroatoms. The Kier molecular flexibility index (Phi) is 2.86. The molecular weight excluding hydrogens is 224 g/mol. The van der Waals surface area contributed by atoms with Crippen molar-refractivity contribution in [1.29, 1.82) is 0 Å². The third-order valence-corrected chi connectivity index (χ3v) is 4.14. The number of anilines is 1. The van der Waals surface area contributed by atoms with Crippen molar-refractivity contribution in [3.8, 4) is 0 Å². The minimum absolute atomic E-state index is 0.499. The van der Waals surface area contributed by atoms with Crippen molar-refractivity contribution in [2.24, 2.45) is 5.41 Å². The molecule has 1 N–H and O–H groups in total. The Hall–Kier alpha value is -1.71. The largest absolute Gasteiger partial charge is 0.369 e. The lowest BCUT2D eigenvalue weighted by Crippen LogP contribution is -2.36. The minimum atomic E-state index is 0.499. The summed E-state index contributed by atoms with van der Waals surface area (Å²) in [5, 5.41) is 3.45. The van der Waals surface area contributed by atoms with Crippen LogP contribution in [0.5, 0.6) is 0 Å². The quantitative estimate of drug-likeness (QED) is 0.895. The van der Waals surface area contributed by atoms with Crippen molar-refractivity contribution in [3.05, 3.63) is 24.5 Å². The van der Waals surface area contributed by atoms with Crippen LogP contribution in [0, 0.1) is 5.41 Å². The summed E-state index contributed by atoms with van der Waals surface area (Å²) in [6.45, 7) is 3.29. The van der Waals surface area contributed by atoms with Crippen LogP contribution in [0.3, 0.4) is 0 Å². The number of rotatable bonds is 4. The van der Waals surface area contributed by atoms with Gasteiger partial charge in [-0.05, 0) is 36.8 Å². The number of aromatic nitrogens is 3. The van der Waals surface area contributed by atoms with Gasteiger partial charge in [0.1, 0.15) is 11.3 Å². The van der Waals surface area contributed by atoms with Crippen LogP contribution in [0.1, 0.15) is 32.6 Å². The molecule has 3 rings (SSSR count). The van der Waals surface area contributed by atoms with Crippen LogP contribution in [0.15, 0.2) is 24.5 Å². The summed E-state index contributed by atoms with van der Waals surface area (Å²) in [4.78, 5) is 12.9. The summed E-state index contributed by atoms with van der Waals surface area (Å²) < 4.78 is 0. The molecule has 1 saturated carbocycles. The van der Waals surface area contributed by atoms with Crippen LogP contribution in [0.25, 0.3) is 11.2 Å². The molecule has 4 nitrogen and oxygen atoms in total. The van der Waals surface area contributed by atoms with E-state index in [4.69, 9.17) is 0 Å². The highest BCUT2D eigenvalue weighted by Gasteiger charge is 2.34. The maximum atomic E-state index is 4.49. The molecule has 1 fully saturated rings. The molecule has 1 aliphatic rings. The first-order chi connectivity index (χ1) is 8.81. The first-order valence-corrected chi connectivity index (χ1v) is 6.63. The highest BCUT2D eigenvalue weighted by atomic mass is 15.0. The molecule has 1 aliphatic carbocycles. The van der Waals surface area contributed by atoms with Crippen molar-refractivity contribution in [2.75, 3.05) is 11.9 Å². The van der Waals surface area contributed by atoms with E-state index < -0.39 is 0 Å². The lowest BCUT2D eigenvalue weighted by molar-refractivity contribution is 0.145. The monoisotopic (exact) mass is 242 g/mol. The Morgan fingerprint density at radius 1 is 1.22 bits per heavy atom. The molecule has 2 heterocycles. The lowest BCUT2D eigenvalue weighted by Gasteiger charge is -2.41. The summed E-state index contributed by atoms with van der Waals surface area (Å²) in [5.74, 6) is 0.905. The van der Waals surface area contributed by atoms with E-state index in [-0.39, 0.29) is 0 Å². The topological polar surface area (TPSA) is 50.7 Å². The number of nitrogens with zero attached hydrogens (tertiary/aromatic N) is 3. The van der Waals surface area contributed by atoms with Gasteiger partial charge < -0.3 is 5.32 Å². The SMILES string of the molecule is CCC1(CNc2ccc3nccnc3n2)CCC1. The van der Waals surface area contributed by atoms with Gasteiger partial charge in [0.2, 0.25) is 0 Å². The second-order valence-corrected chi connectivity index (χ2v) is 5.16. The van der Waals surface area contributed by atoms with E-state index in [1.165, 1.54) is 25.7 Å². The van der Waals surface area contributed by atoms with E-state index in [1.54, 1.807) is 12.4 Å². The summed E-state index contributed by atoms with van der Waals surface area (Å²) in [5.41, 5.74) is 2.05. The van der Waals surface area contributed by atoms with Crippen LogP contribution >= 0.6 is 0 Å². The smallest absolute Gasteiger partial charge is 0.180 e. The van der Waals surface area contributed by atoms with Crippen molar-refractivity contribution < 1.29 is 0 Å². The number of nitrogens with one attached hydrogen (secondary N) is 1. The van der Waals surface area contributed by atoms with Crippen LogP contribution in [0.4, 0.5) is 5.82 Å². The van der Waals surface area contributed by atoms with Crippen LogP contribution in [0.2, 0.25) is 0 Å². The highest BCUT2D eigenvalue weighted by Crippen LogP contribution is 2.43. The molecule has 2 aromatic rings. The summed E-state index contributed by atoms with van der Waals surface area (Å²) in [6, 6.07) is 3.95. The molecular formula is C14H18N4. The maximum absolute atomic E-state index is 4.49. The number of fused-ring (bicyclic) bond motifs is 1. The second kappa shape index (κ2) is 4.52. The molecule has 0 radical (unpaired) electrons. The maximum Gasteiger partial charge on any atom is 0.180 e. The van der Waals surface area contributed by atoms with Gasteiger partial charge in [0, 0.05) is 18.9 Å². The molecule has 0 saturated heterocycles. The van der Waals surface area contributed by atoms with E-state index in [0.29, 0.717) is 11.1 Å². The summed E-state index contributed by atoms with van der Waals surface area (Å²) >= 11 is 0. The zero-order valence-corrected chi connectivity index (χ0v) is 10.7. The van der Waals surface area contributed by atoms with Gasteiger partial charge in [-0.1, -0.05) is 13.3 Å². The van der Waals surface area contributed by atoms with Gasteiger partial charge in [-0.3, -0.25) is 4.98 Å². The van der Waals surface area contributed by atoms with Crippen molar-refractivity contribution in [2.45, 2.75) is 32.6 Å². The average molecular weight is 242 g/mol. The van der Waals surface area contributed by atoms with Gasteiger partial charge >= 0.3 is 0 Å². The third kappa shape index (κ3) is 2.03. The normalized spacial score (nSPS) is 17.4. The van der Waals surface area contributed by atoms with Gasteiger partial charge in [-0.15, -0.1) is 0 Å². The summed E-state index contributed by atoms with van der Waals surface area (Å²) in [7, 11) is 0. The van der Waals surface area contributed by atoms with Crippen LogP contribution in [-0.4, -0.2) is 21.5 Å². The molecule has 2 aromatic heterocycles. The molecule has 18 heavy (non-hydrogen) atoms. The molecule has 0 amide bonds. The third-order valence-electron chi connectivity index (χ3n) is 4.14. The van der Waals surface area contributed by atoms with E-state index in [0.717, 1.165) is 17.9 Å². The number of hydrogen-bond acceptors (Lipinski definition) is 4. The second-order valence-electron chi connectivity index (χ2n) is 5.16. The van der Waals surface area contributed by atoms with Crippen molar-refractivity contribution >= 4 is 17.0 Å². The Morgan fingerprint density at radius 2 is 2.06 bits per heavy atom. The van der Waals surface area contributed by atoms with Crippen LogP contribution in [-0.2, 0) is 0 Å². The molecule has 0 unspecified atom stereocenters. The fourth-order valence-corrected chi connectivity index (χ4v) is 2.56. The first-order valence-electron chi connectivity index (χ1n) is 6.63. The van der Waals surface area contributed by atoms with Crippen molar-refractivity contribution in [3.63, 3.8) is 0 Å². The van der Waals surface area contributed by atoms with Crippen LogP contribution < -0.4 is 5.32 Å². The molecule has 0 aromatic carbocycles. The number of hydrogen-bond donors (Lipinski definition) is 1. The highest BCUT2D eigenvalue weighted by molar-refractivity contribution is 5.71. The van der Waals surface area contributed by atoms with Gasteiger partial charge in [-0.2, -0.15) is 0 Å². The van der Waals surface area contributed by atoms with Gasteiger partial charge in [0.25, 0.3) is 0 Å². The molecule has 94 valence electrons. The molecule has 0 atom stereocenters. The number of pyridine rings is 1. The van der Waals surface area contributed by atoms with E-state index in [9.17, 15) is 0 Å². The lowest BCUT2D eigenvalue weighted by atomic mass is 9.67. The molecule has 0 spiro atoms. The Morgan fingerprint density at radius 3 is 2.78 bits per heavy atom. The minimum Gasteiger partial charge on any atom is -0.369 e. The van der Waals surface area contributed by atoms with Gasteiger partial charge in [0.15, 0.2) is 5.65 Å². The fraction of sp³-hybridized carbons (Fsp3) is 0.500. The van der Waals surface area contributed by atoms with E-state index >= 15 is 0 Å². The Balaban J connectivity index is 1.74. The Bertz CT molecular complexity index is 543. The Labute approximate surface area is 107 Å².